The maximum Gasteiger partial charge on any atom is 0.258 e. The molecule has 1 aromatic carbocycles. The van der Waals surface area contributed by atoms with Gasteiger partial charge in [0.25, 0.3) is 5.91 Å². The summed E-state index contributed by atoms with van der Waals surface area (Å²) in [7, 11) is 0. The molecule has 6 nitrogen and oxygen atoms in total. The van der Waals surface area contributed by atoms with E-state index < -0.39 is 5.67 Å². The van der Waals surface area contributed by atoms with Crippen molar-refractivity contribution < 1.29 is 13.6 Å². The lowest BCUT2D eigenvalue weighted by molar-refractivity contribution is 0.0790. The highest BCUT2D eigenvalue weighted by molar-refractivity contribution is 6.10. The first-order valence-corrected chi connectivity index (χ1v) is 11.3. The van der Waals surface area contributed by atoms with E-state index in [4.69, 9.17) is 4.42 Å². The van der Waals surface area contributed by atoms with Crippen molar-refractivity contribution in [1.29, 1.82) is 0 Å². The Bertz CT molecular complexity index is 1190. The fraction of sp³-hybridized carbons (Fsp3) is 0.480. The number of hydrogen-bond donors (Lipinski definition) is 1. The molecule has 0 spiro atoms. The van der Waals surface area contributed by atoms with Crippen molar-refractivity contribution in [1.82, 2.24) is 14.9 Å². The molecule has 1 amide bonds. The van der Waals surface area contributed by atoms with Crippen LogP contribution in [0, 0.1) is 6.92 Å². The number of benzene rings is 1. The predicted octanol–water partition coefficient (Wildman–Crippen LogP) is 5.33. The summed E-state index contributed by atoms with van der Waals surface area (Å²) in [6.45, 7) is 8.33. The zero-order chi connectivity index (χ0) is 22.7. The van der Waals surface area contributed by atoms with Crippen molar-refractivity contribution in [3.8, 4) is 0 Å². The number of amides is 1. The summed E-state index contributed by atoms with van der Waals surface area (Å²) in [6, 6.07) is 7.68. The molecule has 1 saturated heterocycles. The number of nitrogens with one attached hydrogen (secondary N) is 1. The number of furan rings is 1. The number of aromatic nitrogens is 2. The predicted molar refractivity (Wildman–Crippen MR) is 122 cm³/mol. The minimum Gasteiger partial charge on any atom is -0.442 e. The van der Waals surface area contributed by atoms with E-state index in [9.17, 15) is 9.18 Å². The highest BCUT2D eigenvalue weighted by Gasteiger charge is 2.39. The van der Waals surface area contributed by atoms with Gasteiger partial charge in [0.1, 0.15) is 23.6 Å². The van der Waals surface area contributed by atoms with Gasteiger partial charge in [-0.2, -0.15) is 0 Å². The van der Waals surface area contributed by atoms with E-state index in [0.717, 1.165) is 24.8 Å². The average molecular weight is 437 g/mol. The molecule has 1 atom stereocenters. The van der Waals surface area contributed by atoms with E-state index in [1.54, 1.807) is 20.8 Å². The molecule has 2 aromatic heterocycles. The highest BCUT2D eigenvalue weighted by Crippen LogP contribution is 2.41. The second kappa shape index (κ2) is 7.29. The standard InChI is InChI=1S/C25H29FN4O2/c1-15-19(20-21(29-25(4)9-10-25)27-14-28-22(20)32-15)23(31)30-11-8-17(13-30)16-6-5-7-18(12-16)24(2,3)26/h5-7,12,14,17H,8-11,13H2,1-4H3,(H,27,28,29). The van der Waals surface area contributed by atoms with Crippen LogP contribution in [0.25, 0.3) is 11.1 Å². The second-order valence-corrected chi connectivity index (χ2v) is 9.96. The van der Waals surface area contributed by atoms with Crippen molar-refractivity contribution in [2.75, 3.05) is 18.4 Å². The van der Waals surface area contributed by atoms with Gasteiger partial charge in [-0.25, -0.2) is 14.4 Å². The third-order valence-electron chi connectivity index (χ3n) is 6.82. The number of rotatable bonds is 5. The zero-order valence-electron chi connectivity index (χ0n) is 19.0. The third-order valence-corrected chi connectivity index (χ3v) is 6.82. The maximum absolute atomic E-state index is 14.4. The van der Waals surface area contributed by atoms with Gasteiger partial charge in [-0.15, -0.1) is 0 Å². The Morgan fingerprint density at radius 1 is 1.31 bits per heavy atom. The van der Waals surface area contributed by atoms with Crippen LogP contribution in [-0.4, -0.2) is 39.4 Å². The number of fused-ring (bicyclic) bond motifs is 1. The highest BCUT2D eigenvalue weighted by atomic mass is 19.1. The number of likely N-dealkylation sites (tertiary alicyclic amines) is 1. The van der Waals surface area contributed by atoms with Crippen molar-refractivity contribution in [3.63, 3.8) is 0 Å². The Balaban J connectivity index is 1.43. The molecule has 1 aliphatic heterocycles. The lowest BCUT2D eigenvalue weighted by atomic mass is 9.92. The minimum atomic E-state index is -1.39. The SMILES string of the molecule is Cc1oc2ncnc(NC3(C)CC3)c2c1C(=O)N1CCC(c2cccc(C(C)(C)F)c2)C1. The van der Waals surface area contributed by atoms with E-state index >= 15 is 0 Å². The minimum absolute atomic E-state index is 0.0146. The Hall–Kier alpha value is -2.96. The van der Waals surface area contributed by atoms with Crippen LogP contribution in [0.5, 0.6) is 0 Å². The molecule has 5 rings (SSSR count). The van der Waals surface area contributed by atoms with E-state index in [1.807, 2.05) is 29.2 Å². The summed E-state index contributed by atoms with van der Waals surface area (Å²) < 4.78 is 20.3. The Morgan fingerprint density at radius 3 is 2.81 bits per heavy atom. The van der Waals surface area contributed by atoms with Crippen molar-refractivity contribution in [2.45, 2.75) is 64.1 Å². The van der Waals surface area contributed by atoms with Gasteiger partial charge in [-0.3, -0.25) is 4.79 Å². The van der Waals surface area contributed by atoms with E-state index in [-0.39, 0.29) is 17.4 Å². The summed E-state index contributed by atoms with van der Waals surface area (Å²) in [4.78, 5) is 24.1. The molecule has 1 unspecified atom stereocenters. The van der Waals surface area contributed by atoms with Crippen LogP contribution in [0.1, 0.15) is 73.2 Å². The topological polar surface area (TPSA) is 71.3 Å². The smallest absolute Gasteiger partial charge is 0.258 e. The number of halogens is 1. The second-order valence-electron chi connectivity index (χ2n) is 9.96. The number of alkyl halides is 1. The van der Waals surface area contributed by atoms with Gasteiger partial charge in [0.2, 0.25) is 5.71 Å². The normalized spacial score (nSPS) is 20.0. The Morgan fingerprint density at radius 2 is 2.09 bits per heavy atom. The zero-order valence-corrected chi connectivity index (χ0v) is 19.0. The maximum atomic E-state index is 14.4. The number of carbonyl (C=O) groups excluding carboxylic acids is 1. The number of anilines is 1. The van der Waals surface area contributed by atoms with Crippen molar-refractivity contribution in [3.05, 3.63) is 53.0 Å². The molecule has 32 heavy (non-hydrogen) atoms. The Kier molecular flexibility index (Phi) is 4.76. The first kappa shape index (κ1) is 20.9. The third kappa shape index (κ3) is 3.74. The van der Waals surface area contributed by atoms with Crippen LogP contribution in [-0.2, 0) is 5.67 Å². The fourth-order valence-electron chi connectivity index (χ4n) is 4.53. The molecule has 1 saturated carbocycles. The average Bonchev–Trinajstić information content (AvgIpc) is 3.15. The molecule has 168 valence electrons. The van der Waals surface area contributed by atoms with Gasteiger partial charge in [0.05, 0.1) is 10.9 Å². The molecule has 2 fully saturated rings. The van der Waals surface area contributed by atoms with Crippen molar-refractivity contribution in [2.24, 2.45) is 0 Å². The summed E-state index contributed by atoms with van der Waals surface area (Å²) in [6.07, 6.45) is 4.46. The Labute approximate surface area is 187 Å². The lowest BCUT2D eigenvalue weighted by Crippen LogP contribution is -2.29. The summed E-state index contributed by atoms with van der Waals surface area (Å²) >= 11 is 0. The number of aryl methyl sites for hydroxylation is 1. The van der Waals surface area contributed by atoms with E-state index in [1.165, 1.54) is 6.33 Å². The van der Waals surface area contributed by atoms with Gasteiger partial charge in [-0.05, 0) is 58.1 Å². The van der Waals surface area contributed by atoms with E-state index in [2.05, 4.69) is 22.2 Å². The van der Waals surface area contributed by atoms with Gasteiger partial charge in [0.15, 0.2) is 0 Å². The first-order chi connectivity index (χ1) is 15.1. The van der Waals surface area contributed by atoms with Gasteiger partial charge >= 0.3 is 0 Å². The monoisotopic (exact) mass is 436 g/mol. The number of carbonyl (C=O) groups is 1. The van der Waals surface area contributed by atoms with Crippen LogP contribution in [0.4, 0.5) is 10.2 Å². The lowest BCUT2D eigenvalue weighted by Gasteiger charge is -2.19. The van der Waals surface area contributed by atoms with Gasteiger partial charge < -0.3 is 14.6 Å². The largest absolute Gasteiger partial charge is 0.442 e. The number of hydrogen-bond acceptors (Lipinski definition) is 5. The van der Waals surface area contributed by atoms with Gasteiger partial charge in [-0.1, -0.05) is 24.3 Å². The summed E-state index contributed by atoms with van der Waals surface area (Å²) in [5.74, 6) is 1.33. The molecule has 1 N–H and O–H groups in total. The van der Waals surface area contributed by atoms with E-state index in [0.29, 0.717) is 46.9 Å². The van der Waals surface area contributed by atoms with Crippen LogP contribution >= 0.6 is 0 Å². The summed E-state index contributed by atoms with van der Waals surface area (Å²) in [5.41, 5.74) is 1.33. The van der Waals surface area contributed by atoms with Crippen LogP contribution in [0.2, 0.25) is 0 Å². The molecule has 0 radical (unpaired) electrons. The quantitative estimate of drug-likeness (QED) is 0.585. The molecule has 7 heteroatoms. The van der Waals surface area contributed by atoms with Crippen molar-refractivity contribution >= 4 is 22.8 Å². The molecule has 0 bridgehead atoms. The summed E-state index contributed by atoms with van der Waals surface area (Å²) in [5, 5.41) is 4.13. The van der Waals surface area contributed by atoms with Gasteiger partial charge in [0, 0.05) is 24.5 Å². The molecular weight excluding hydrogens is 407 g/mol. The van der Waals surface area contributed by atoms with Crippen LogP contribution in [0.3, 0.4) is 0 Å². The molecular formula is C25H29FN4O2. The first-order valence-electron chi connectivity index (χ1n) is 11.3. The van der Waals surface area contributed by atoms with Crippen LogP contribution in [0.15, 0.2) is 35.0 Å². The molecule has 3 aromatic rings. The molecule has 1 aliphatic carbocycles. The molecule has 2 aliphatic rings. The fourth-order valence-corrected chi connectivity index (χ4v) is 4.53. The number of nitrogens with zero attached hydrogens (tertiary/aromatic N) is 3. The van der Waals surface area contributed by atoms with Crippen LogP contribution < -0.4 is 5.32 Å². The molecule has 3 heterocycles.